The quantitative estimate of drug-likeness (QED) is 0.734. The van der Waals surface area contributed by atoms with Gasteiger partial charge in [-0.25, -0.2) is 0 Å². The minimum atomic E-state index is -0.274. The van der Waals surface area contributed by atoms with Crippen molar-refractivity contribution in [3.05, 3.63) is 0 Å². The number of amides is 1. The van der Waals surface area contributed by atoms with Gasteiger partial charge in [0.25, 0.3) is 0 Å². The Balaban J connectivity index is 0. The average Bonchev–Trinajstić information content (AvgIpc) is 1.90. The monoisotopic (exact) mass is 223 g/mol. The highest BCUT2D eigenvalue weighted by Gasteiger charge is 2.11. The number of rotatable bonds is 3. The second-order valence-electron chi connectivity index (χ2n) is 2.50. The van der Waals surface area contributed by atoms with Gasteiger partial charge in [-0.15, -0.1) is 0 Å². The lowest BCUT2D eigenvalue weighted by molar-refractivity contribution is -0.117. The van der Waals surface area contributed by atoms with Gasteiger partial charge in [0, 0.05) is 0 Å². The summed E-state index contributed by atoms with van der Waals surface area (Å²) < 4.78 is 0. The van der Waals surface area contributed by atoms with Gasteiger partial charge < -0.3 is 5.73 Å². The second kappa shape index (κ2) is 8.05. The van der Waals surface area contributed by atoms with Gasteiger partial charge in [0.15, 0.2) is 0 Å². The van der Waals surface area contributed by atoms with Gasteiger partial charge in [-0.05, 0) is 12.3 Å². The van der Waals surface area contributed by atoms with Crippen LogP contribution in [0.2, 0.25) is 0 Å². The van der Waals surface area contributed by atoms with Crippen molar-refractivity contribution in [3.8, 4) is 0 Å². The molecule has 1 amide bonds. The molecule has 0 aliphatic heterocycles. The fourth-order valence-corrected chi connectivity index (χ4v) is 1.28. The molecule has 0 aromatic carbocycles. The highest BCUT2D eigenvalue weighted by atomic mass is 79.9. The zero-order chi connectivity index (χ0) is 9.44. The number of primary amides is 1. The van der Waals surface area contributed by atoms with Gasteiger partial charge >= 0.3 is 0 Å². The fraction of sp³-hybridized carbons (Fsp3) is 0.875. The molecule has 2 nitrogen and oxygen atoms in total. The molecule has 0 aliphatic rings. The van der Waals surface area contributed by atoms with Crippen molar-refractivity contribution >= 4 is 21.8 Å². The highest BCUT2D eigenvalue weighted by molar-refractivity contribution is 9.10. The van der Waals surface area contributed by atoms with Crippen LogP contribution in [0.1, 0.15) is 34.1 Å². The van der Waals surface area contributed by atoms with Gasteiger partial charge in [-0.2, -0.15) is 0 Å². The molecular weight excluding hydrogens is 206 g/mol. The molecule has 2 N–H and O–H groups in total. The maximum atomic E-state index is 10.4. The molecule has 0 bridgehead atoms. The first-order valence-corrected chi connectivity index (χ1v) is 4.89. The molecule has 0 aromatic heterocycles. The average molecular weight is 224 g/mol. The number of nitrogens with two attached hydrogens (primary N) is 1. The van der Waals surface area contributed by atoms with Gasteiger partial charge in [0.05, 0.1) is 4.83 Å². The molecule has 0 aromatic rings. The molecule has 1 unspecified atom stereocenters. The van der Waals surface area contributed by atoms with Crippen LogP contribution in [0.4, 0.5) is 0 Å². The maximum absolute atomic E-state index is 10.4. The van der Waals surface area contributed by atoms with Crippen LogP contribution in [0.3, 0.4) is 0 Å². The molecular formula is C8H18BrNO. The third-order valence-corrected chi connectivity index (χ3v) is 1.81. The van der Waals surface area contributed by atoms with Crippen LogP contribution in [-0.2, 0) is 4.79 Å². The van der Waals surface area contributed by atoms with E-state index in [0.717, 1.165) is 6.42 Å². The zero-order valence-corrected chi connectivity index (χ0v) is 9.31. The minimum absolute atomic E-state index is 0.155. The Bertz CT molecular complexity index is 104. The number of carbonyl (C=O) groups excluding carboxylic acids is 1. The van der Waals surface area contributed by atoms with Crippen molar-refractivity contribution in [3.63, 3.8) is 0 Å². The van der Waals surface area contributed by atoms with Crippen LogP contribution in [0.15, 0.2) is 0 Å². The Morgan fingerprint density at radius 1 is 1.45 bits per heavy atom. The molecule has 0 aliphatic carbocycles. The van der Waals surface area contributed by atoms with Crippen molar-refractivity contribution in [1.29, 1.82) is 0 Å². The Kier molecular flexibility index (Phi) is 9.90. The van der Waals surface area contributed by atoms with E-state index in [0.29, 0.717) is 5.92 Å². The second-order valence-corrected chi connectivity index (χ2v) is 3.60. The molecule has 11 heavy (non-hydrogen) atoms. The lowest BCUT2D eigenvalue weighted by atomic mass is 10.1. The lowest BCUT2D eigenvalue weighted by Gasteiger charge is -2.06. The summed E-state index contributed by atoms with van der Waals surface area (Å²) in [5.74, 6) is 0.241. The molecule has 0 saturated carbocycles. The van der Waals surface area contributed by atoms with E-state index in [9.17, 15) is 4.79 Å². The Hall–Kier alpha value is -0.0500. The van der Waals surface area contributed by atoms with Crippen molar-refractivity contribution in [2.75, 3.05) is 0 Å². The summed E-state index contributed by atoms with van der Waals surface area (Å²) in [5.41, 5.74) is 5.00. The lowest BCUT2D eigenvalue weighted by Crippen LogP contribution is -2.24. The minimum Gasteiger partial charge on any atom is -0.369 e. The zero-order valence-electron chi connectivity index (χ0n) is 7.73. The van der Waals surface area contributed by atoms with Crippen molar-refractivity contribution in [1.82, 2.24) is 0 Å². The topological polar surface area (TPSA) is 43.1 Å². The van der Waals surface area contributed by atoms with E-state index in [1.54, 1.807) is 0 Å². The predicted octanol–water partition coefficient (Wildman–Crippen LogP) is 2.31. The van der Waals surface area contributed by atoms with E-state index in [-0.39, 0.29) is 10.7 Å². The van der Waals surface area contributed by atoms with Crippen LogP contribution in [0.5, 0.6) is 0 Å². The van der Waals surface area contributed by atoms with E-state index in [1.165, 1.54) is 0 Å². The van der Waals surface area contributed by atoms with Crippen molar-refractivity contribution in [2.24, 2.45) is 11.7 Å². The number of hydrogen-bond donors (Lipinski definition) is 1. The fourth-order valence-electron chi connectivity index (χ4n) is 0.530. The van der Waals surface area contributed by atoms with Crippen molar-refractivity contribution in [2.45, 2.75) is 38.9 Å². The van der Waals surface area contributed by atoms with Crippen molar-refractivity contribution < 1.29 is 4.79 Å². The number of halogens is 1. The van der Waals surface area contributed by atoms with Crippen LogP contribution in [-0.4, -0.2) is 10.7 Å². The number of hydrogen-bond acceptors (Lipinski definition) is 1. The predicted molar refractivity (Wildman–Crippen MR) is 52.7 cm³/mol. The summed E-state index contributed by atoms with van der Waals surface area (Å²) in [4.78, 5) is 10.3. The number of alkyl halides is 1. The molecule has 1 atom stereocenters. The van der Waals surface area contributed by atoms with E-state index in [4.69, 9.17) is 5.73 Å². The maximum Gasteiger partial charge on any atom is 0.231 e. The molecule has 0 radical (unpaired) electrons. The summed E-state index contributed by atoms with van der Waals surface area (Å²) in [5, 5.41) is 0. The van der Waals surface area contributed by atoms with E-state index < -0.39 is 0 Å². The van der Waals surface area contributed by atoms with Gasteiger partial charge in [-0.1, -0.05) is 43.6 Å². The van der Waals surface area contributed by atoms with Crippen LogP contribution >= 0.6 is 15.9 Å². The first-order chi connectivity index (χ1) is 5.04. The largest absolute Gasteiger partial charge is 0.369 e. The normalized spacial score (nSPS) is 11.8. The van der Waals surface area contributed by atoms with E-state index in [2.05, 4.69) is 29.8 Å². The van der Waals surface area contributed by atoms with Gasteiger partial charge in [-0.3, -0.25) is 4.79 Å². The Labute approximate surface area is 77.7 Å². The van der Waals surface area contributed by atoms with Gasteiger partial charge in [0.1, 0.15) is 0 Å². The summed E-state index contributed by atoms with van der Waals surface area (Å²) in [6.45, 7) is 8.11. The molecule has 0 rings (SSSR count). The standard InChI is InChI=1S/C6H12BrNO.C2H6/c1-4(2)3-5(7)6(8)9;1-2/h4-5H,3H2,1-2H3,(H2,8,9);1-2H3. The summed E-state index contributed by atoms with van der Waals surface area (Å²) in [6, 6.07) is 0. The summed E-state index contributed by atoms with van der Waals surface area (Å²) in [6.07, 6.45) is 0.815. The first-order valence-electron chi connectivity index (χ1n) is 3.97. The smallest absolute Gasteiger partial charge is 0.231 e. The third kappa shape index (κ3) is 9.95. The summed E-state index contributed by atoms with van der Waals surface area (Å²) in [7, 11) is 0. The third-order valence-electron chi connectivity index (χ3n) is 0.987. The molecule has 0 saturated heterocycles. The molecule has 0 fully saturated rings. The summed E-state index contributed by atoms with van der Waals surface area (Å²) >= 11 is 3.17. The Morgan fingerprint density at radius 2 is 1.82 bits per heavy atom. The van der Waals surface area contributed by atoms with Crippen LogP contribution in [0, 0.1) is 5.92 Å². The highest BCUT2D eigenvalue weighted by Crippen LogP contribution is 2.11. The molecule has 0 heterocycles. The van der Waals surface area contributed by atoms with E-state index >= 15 is 0 Å². The van der Waals surface area contributed by atoms with E-state index in [1.807, 2.05) is 13.8 Å². The molecule has 3 heteroatoms. The SMILES string of the molecule is CC.CC(C)CC(Br)C(N)=O. The molecule has 68 valence electrons. The first kappa shape index (κ1) is 13.5. The van der Waals surface area contributed by atoms with Crippen LogP contribution in [0.25, 0.3) is 0 Å². The molecule has 0 spiro atoms. The Morgan fingerprint density at radius 3 is 1.91 bits per heavy atom. The van der Waals surface area contributed by atoms with Gasteiger partial charge in [0.2, 0.25) is 5.91 Å². The number of carbonyl (C=O) groups is 1. The van der Waals surface area contributed by atoms with Crippen LogP contribution < -0.4 is 5.73 Å².